The molecule has 3 rings (SSSR count). The van der Waals surface area contributed by atoms with Crippen LogP contribution in [0, 0.1) is 17.0 Å². The minimum atomic E-state index is -1.29. The van der Waals surface area contributed by atoms with Crippen LogP contribution in [0.1, 0.15) is 19.8 Å². The Morgan fingerprint density at radius 1 is 1.07 bits per heavy atom. The second-order valence-electron chi connectivity index (χ2n) is 6.61. The van der Waals surface area contributed by atoms with Gasteiger partial charge in [-0.1, -0.05) is 6.07 Å². The summed E-state index contributed by atoms with van der Waals surface area (Å²) in [7, 11) is 0. The van der Waals surface area contributed by atoms with Gasteiger partial charge in [-0.3, -0.25) is 9.59 Å². The molecule has 0 radical (unpaired) electrons. The second kappa shape index (κ2) is 7.50. The van der Waals surface area contributed by atoms with Gasteiger partial charge in [0.1, 0.15) is 22.7 Å². The molecule has 0 aromatic heterocycles. The van der Waals surface area contributed by atoms with Gasteiger partial charge in [-0.25, -0.2) is 13.6 Å². The number of hydrogen-bond donors (Lipinski definition) is 1. The molecule has 7 nitrogen and oxygen atoms in total. The predicted octanol–water partition coefficient (Wildman–Crippen LogP) is 1.98. The van der Waals surface area contributed by atoms with Crippen molar-refractivity contribution in [1.29, 1.82) is 0 Å². The van der Waals surface area contributed by atoms with Crippen molar-refractivity contribution in [2.24, 2.45) is 5.41 Å². The Hall–Kier alpha value is -2.71. The summed E-state index contributed by atoms with van der Waals surface area (Å²) in [6.45, 7) is 3.16. The molecule has 0 unspecified atom stereocenters. The molecule has 3 amide bonds. The zero-order chi connectivity index (χ0) is 19.6. The monoisotopic (exact) mass is 381 g/mol. The van der Waals surface area contributed by atoms with E-state index in [4.69, 9.17) is 4.74 Å². The molecule has 2 fully saturated rings. The van der Waals surface area contributed by atoms with E-state index < -0.39 is 34.7 Å². The van der Waals surface area contributed by atoms with Crippen LogP contribution in [0.25, 0.3) is 0 Å². The van der Waals surface area contributed by atoms with Crippen molar-refractivity contribution in [3.63, 3.8) is 0 Å². The number of nitrogens with zero attached hydrogens (tertiary/aromatic N) is 2. The molecule has 0 spiro atoms. The van der Waals surface area contributed by atoms with Crippen molar-refractivity contribution < 1.29 is 27.9 Å². The van der Waals surface area contributed by atoms with Crippen molar-refractivity contribution in [3.8, 4) is 0 Å². The Kier molecular flexibility index (Phi) is 5.29. The van der Waals surface area contributed by atoms with Crippen LogP contribution in [0.5, 0.6) is 0 Å². The highest BCUT2D eigenvalue weighted by Crippen LogP contribution is 2.48. The maximum atomic E-state index is 13.8. The van der Waals surface area contributed by atoms with Crippen LogP contribution in [0.3, 0.4) is 0 Å². The standard InChI is InChI=1S/C18H21F2N3O4/c1-2-27-17(26)23-10-8-22(9-11-23)16(25)18(6-7-18)15(24)21-14-12(19)4-3-5-13(14)20/h3-5H,2,6-11H2,1H3,(H,21,24). The van der Waals surface area contributed by atoms with Gasteiger partial charge in [0.15, 0.2) is 0 Å². The van der Waals surface area contributed by atoms with Gasteiger partial charge in [-0.15, -0.1) is 0 Å². The molecule has 1 N–H and O–H groups in total. The summed E-state index contributed by atoms with van der Waals surface area (Å²) in [5, 5.41) is 2.22. The van der Waals surface area contributed by atoms with Gasteiger partial charge < -0.3 is 19.9 Å². The highest BCUT2D eigenvalue weighted by molar-refractivity contribution is 6.13. The number of ether oxygens (including phenoxy) is 1. The van der Waals surface area contributed by atoms with E-state index in [2.05, 4.69) is 5.32 Å². The molecule has 0 bridgehead atoms. The van der Waals surface area contributed by atoms with Crippen molar-refractivity contribution in [2.75, 3.05) is 38.1 Å². The molecule has 1 saturated heterocycles. The predicted molar refractivity (Wildman–Crippen MR) is 91.8 cm³/mol. The van der Waals surface area contributed by atoms with Crippen molar-refractivity contribution >= 4 is 23.6 Å². The normalized spacial score (nSPS) is 18.0. The molecular weight excluding hydrogens is 360 g/mol. The summed E-state index contributed by atoms with van der Waals surface area (Å²) < 4.78 is 32.4. The minimum Gasteiger partial charge on any atom is -0.450 e. The van der Waals surface area contributed by atoms with E-state index in [1.54, 1.807) is 6.92 Å². The lowest BCUT2D eigenvalue weighted by atomic mass is 10.0. The number of piperazine rings is 1. The van der Waals surface area contributed by atoms with E-state index in [0.29, 0.717) is 25.9 Å². The number of rotatable bonds is 4. The quantitative estimate of drug-likeness (QED) is 0.809. The first-order chi connectivity index (χ1) is 12.9. The summed E-state index contributed by atoms with van der Waals surface area (Å²) in [6.07, 6.45) is 0.219. The maximum absolute atomic E-state index is 13.8. The zero-order valence-electron chi connectivity index (χ0n) is 15.0. The first-order valence-corrected chi connectivity index (χ1v) is 8.85. The van der Waals surface area contributed by atoms with Crippen LogP contribution in [0.2, 0.25) is 0 Å². The van der Waals surface area contributed by atoms with Gasteiger partial charge in [0.05, 0.1) is 6.61 Å². The van der Waals surface area contributed by atoms with Crippen LogP contribution in [-0.4, -0.2) is 60.5 Å². The Labute approximate surface area is 155 Å². The molecule has 1 aromatic carbocycles. The van der Waals surface area contributed by atoms with E-state index in [1.165, 1.54) is 15.9 Å². The molecule has 1 heterocycles. The average molecular weight is 381 g/mol. The van der Waals surface area contributed by atoms with E-state index in [0.717, 1.165) is 12.1 Å². The van der Waals surface area contributed by atoms with Gasteiger partial charge in [0.25, 0.3) is 0 Å². The lowest BCUT2D eigenvalue weighted by Gasteiger charge is -2.35. The van der Waals surface area contributed by atoms with E-state index in [9.17, 15) is 23.2 Å². The van der Waals surface area contributed by atoms with Crippen LogP contribution in [0.15, 0.2) is 18.2 Å². The van der Waals surface area contributed by atoms with Gasteiger partial charge in [0, 0.05) is 26.2 Å². The minimum absolute atomic E-state index is 0.272. The van der Waals surface area contributed by atoms with E-state index in [1.807, 2.05) is 0 Å². The number of halogens is 2. The smallest absolute Gasteiger partial charge is 0.409 e. The molecular formula is C18H21F2N3O4. The number of carbonyl (C=O) groups excluding carboxylic acids is 3. The van der Waals surface area contributed by atoms with E-state index >= 15 is 0 Å². The lowest BCUT2D eigenvalue weighted by Crippen LogP contribution is -2.53. The molecule has 9 heteroatoms. The maximum Gasteiger partial charge on any atom is 0.409 e. The van der Waals surface area contributed by atoms with Crippen LogP contribution in [-0.2, 0) is 14.3 Å². The fourth-order valence-corrected chi connectivity index (χ4v) is 3.12. The first-order valence-electron chi connectivity index (χ1n) is 8.85. The molecule has 146 valence electrons. The van der Waals surface area contributed by atoms with E-state index in [-0.39, 0.29) is 25.6 Å². The third kappa shape index (κ3) is 3.72. The molecule has 1 aromatic rings. The Balaban J connectivity index is 1.63. The van der Waals surface area contributed by atoms with Gasteiger partial charge in [-0.2, -0.15) is 0 Å². The van der Waals surface area contributed by atoms with Gasteiger partial charge in [0.2, 0.25) is 11.8 Å². The fraction of sp³-hybridized carbons (Fsp3) is 0.500. The van der Waals surface area contributed by atoms with Crippen molar-refractivity contribution in [2.45, 2.75) is 19.8 Å². The number of nitrogens with one attached hydrogen (secondary N) is 1. The van der Waals surface area contributed by atoms with Crippen molar-refractivity contribution in [1.82, 2.24) is 9.80 Å². The van der Waals surface area contributed by atoms with Gasteiger partial charge in [-0.05, 0) is 31.9 Å². The Morgan fingerprint density at radius 3 is 2.15 bits per heavy atom. The van der Waals surface area contributed by atoms with Crippen LogP contribution in [0.4, 0.5) is 19.3 Å². The average Bonchev–Trinajstić information content (AvgIpc) is 3.46. The number of anilines is 1. The van der Waals surface area contributed by atoms with Gasteiger partial charge >= 0.3 is 6.09 Å². The third-order valence-electron chi connectivity index (χ3n) is 4.89. The number of hydrogen-bond acceptors (Lipinski definition) is 4. The number of carbonyl (C=O) groups is 3. The first kappa shape index (κ1) is 19.1. The Morgan fingerprint density at radius 2 is 1.63 bits per heavy atom. The molecule has 1 saturated carbocycles. The molecule has 2 aliphatic rings. The zero-order valence-corrected chi connectivity index (χ0v) is 15.0. The lowest BCUT2D eigenvalue weighted by molar-refractivity contribution is -0.143. The molecule has 1 aliphatic carbocycles. The highest BCUT2D eigenvalue weighted by atomic mass is 19.1. The number of para-hydroxylation sites is 1. The van der Waals surface area contributed by atoms with Crippen LogP contribution >= 0.6 is 0 Å². The third-order valence-corrected chi connectivity index (χ3v) is 4.89. The molecule has 27 heavy (non-hydrogen) atoms. The fourth-order valence-electron chi connectivity index (χ4n) is 3.12. The SMILES string of the molecule is CCOC(=O)N1CCN(C(=O)C2(C(=O)Nc3c(F)cccc3F)CC2)CC1. The van der Waals surface area contributed by atoms with Crippen molar-refractivity contribution in [3.05, 3.63) is 29.8 Å². The summed E-state index contributed by atoms with van der Waals surface area (Å²) in [6, 6.07) is 3.27. The Bertz CT molecular complexity index is 739. The number of amides is 3. The summed E-state index contributed by atoms with van der Waals surface area (Å²) in [5.41, 5.74) is -1.84. The summed E-state index contributed by atoms with van der Waals surface area (Å²) in [5.74, 6) is -2.87. The second-order valence-corrected chi connectivity index (χ2v) is 6.61. The van der Waals surface area contributed by atoms with Crippen LogP contribution < -0.4 is 5.32 Å². The number of benzene rings is 1. The molecule has 1 aliphatic heterocycles. The topological polar surface area (TPSA) is 79.0 Å². The summed E-state index contributed by atoms with van der Waals surface area (Å²) in [4.78, 5) is 40.1. The highest BCUT2D eigenvalue weighted by Gasteiger charge is 2.58. The molecule has 0 atom stereocenters. The summed E-state index contributed by atoms with van der Waals surface area (Å²) >= 11 is 0. The largest absolute Gasteiger partial charge is 0.450 e.